The number of halogens is 2. The first kappa shape index (κ1) is 20.0. The number of amides is 1. The molecule has 0 aliphatic heterocycles. The summed E-state index contributed by atoms with van der Waals surface area (Å²) in [4.78, 5) is 24.5. The fraction of sp³-hybridized carbons (Fsp3) is 0.632. The third-order valence-electron chi connectivity index (χ3n) is 5.86. The molecule has 0 saturated heterocycles. The summed E-state index contributed by atoms with van der Waals surface area (Å²) in [7, 11) is 0. The van der Waals surface area contributed by atoms with Crippen LogP contribution in [-0.2, 0) is 14.3 Å². The number of carbonyl (C=O) groups excluding carboxylic acids is 2. The molecule has 6 nitrogen and oxygen atoms in total. The monoisotopic (exact) mass is 411 g/mol. The number of alkyl halides is 2. The van der Waals surface area contributed by atoms with Crippen LogP contribution in [0.1, 0.15) is 61.9 Å². The van der Waals surface area contributed by atoms with E-state index in [1.807, 2.05) is 18.4 Å². The molecular weight excluding hydrogens is 389 g/mol. The molecule has 3 rings (SSSR count). The molecule has 1 aromatic rings. The highest BCUT2D eigenvalue weighted by Crippen LogP contribution is 2.64. The predicted octanol–water partition coefficient (Wildman–Crippen LogP) is 4.16. The molecule has 1 atom stereocenters. The maximum absolute atomic E-state index is 12.4. The van der Waals surface area contributed by atoms with E-state index in [1.54, 1.807) is 6.92 Å². The van der Waals surface area contributed by atoms with Gasteiger partial charge in [0.1, 0.15) is 21.6 Å². The van der Waals surface area contributed by atoms with Crippen molar-refractivity contribution in [1.82, 2.24) is 4.57 Å². The van der Waals surface area contributed by atoms with E-state index in [1.165, 1.54) is 0 Å². The van der Waals surface area contributed by atoms with Crippen LogP contribution in [-0.4, -0.2) is 27.4 Å². The van der Waals surface area contributed by atoms with E-state index in [-0.39, 0.29) is 6.04 Å². The van der Waals surface area contributed by atoms with E-state index in [2.05, 4.69) is 11.4 Å². The Morgan fingerprint density at radius 3 is 2.44 bits per heavy atom. The smallest absolute Gasteiger partial charge is 0.315 e. The fourth-order valence-corrected chi connectivity index (χ4v) is 4.47. The van der Waals surface area contributed by atoms with Crippen molar-refractivity contribution in [2.24, 2.45) is 5.41 Å². The third kappa shape index (κ3) is 3.43. The predicted molar refractivity (Wildman–Crippen MR) is 103 cm³/mol. The van der Waals surface area contributed by atoms with Crippen LogP contribution in [0.5, 0.6) is 0 Å². The van der Waals surface area contributed by atoms with Crippen LogP contribution in [0.2, 0.25) is 0 Å². The van der Waals surface area contributed by atoms with E-state index < -0.39 is 28.2 Å². The number of anilines is 1. The lowest BCUT2D eigenvalue weighted by Gasteiger charge is -2.19. The Labute approximate surface area is 168 Å². The van der Waals surface area contributed by atoms with E-state index in [0.29, 0.717) is 17.8 Å². The van der Waals surface area contributed by atoms with Crippen molar-refractivity contribution in [2.75, 3.05) is 11.9 Å². The second-order valence-corrected chi connectivity index (χ2v) is 9.18. The number of ether oxygens (including phenoxy) is 1. The lowest BCUT2D eigenvalue weighted by molar-refractivity contribution is -0.152. The molecule has 0 aromatic carbocycles. The van der Waals surface area contributed by atoms with E-state index in [9.17, 15) is 14.9 Å². The number of nitrogens with zero attached hydrogens (tertiary/aromatic N) is 2. The quantitative estimate of drug-likeness (QED) is 0.582. The Morgan fingerprint density at radius 2 is 1.93 bits per heavy atom. The molecule has 1 amide bonds. The average molecular weight is 412 g/mol. The number of nitrogens with one attached hydrogen (secondary N) is 1. The summed E-state index contributed by atoms with van der Waals surface area (Å²) in [5.74, 6) is -0.598. The lowest BCUT2D eigenvalue weighted by Crippen LogP contribution is -2.28. The third-order valence-corrected chi connectivity index (χ3v) is 6.96. The maximum atomic E-state index is 12.4. The Balaban J connectivity index is 1.73. The van der Waals surface area contributed by atoms with Crippen molar-refractivity contribution in [3.63, 3.8) is 0 Å². The van der Waals surface area contributed by atoms with Crippen LogP contribution in [0.3, 0.4) is 0 Å². The molecule has 2 aliphatic carbocycles. The van der Waals surface area contributed by atoms with Crippen LogP contribution in [0.25, 0.3) is 0 Å². The van der Waals surface area contributed by atoms with Gasteiger partial charge in [-0.15, -0.1) is 23.2 Å². The first-order valence-electron chi connectivity index (χ1n) is 9.09. The van der Waals surface area contributed by atoms with E-state index in [4.69, 9.17) is 27.9 Å². The van der Waals surface area contributed by atoms with Crippen molar-refractivity contribution < 1.29 is 14.3 Å². The summed E-state index contributed by atoms with van der Waals surface area (Å²) < 4.78 is 6.01. The van der Waals surface area contributed by atoms with Gasteiger partial charge < -0.3 is 14.6 Å². The molecule has 2 saturated carbocycles. The van der Waals surface area contributed by atoms with Gasteiger partial charge in [0.05, 0.1) is 5.56 Å². The van der Waals surface area contributed by atoms with Gasteiger partial charge in [0.25, 0.3) is 5.91 Å². The van der Waals surface area contributed by atoms with Crippen molar-refractivity contribution >= 4 is 40.9 Å². The molecule has 8 heteroatoms. The Kier molecular flexibility index (Phi) is 5.22. The van der Waals surface area contributed by atoms with Gasteiger partial charge in [-0.05, 0) is 39.2 Å². The van der Waals surface area contributed by atoms with Gasteiger partial charge in [-0.3, -0.25) is 9.59 Å². The van der Waals surface area contributed by atoms with Gasteiger partial charge in [0.15, 0.2) is 6.61 Å². The molecule has 2 aliphatic rings. The molecule has 1 heterocycles. The van der Waals surface area contributed by atoms with Crippen molar-refractivity contribution in [3.8, 4) is 6.07 Å². The first-order valence-corrected chi connectivity index (χ1v) is 9.84. The van der Waals surface area contributed by atoms with Gasteiger partial charge in [-0.1, -0.05) is 12.8 Å². The topological polar surface area (TPSA) is 84.1 Å². The van der Waals surface area contributed by atoms with Gasteiger partial charge in [-0.25, -0.2) is 0 Å². The minimum atomic E-state index is -1.14. The number of esters is 1. The normalized spacial score (nSPS) is 23.7. The standard InChI is InChI=1S/C19H23Cl2N3O3/c1-11-12(2)24(13-6-4-5-7-13)16(14(11)8-22)23-15(25)9-27-17(26)18(3)10-19(18,20)21/h13H,4-7,9-10H2,1-3H3,(H,23,25)/t18-/m0/s1. The highest BCUT2D eigenvalue weighted by molar-refractivity contribution is 6.53. The summed E-state index contributed by atoms with van der Waals surface area (Å²) in [6.45, 7) is 5.00. The van der Waals surface area contributed by atoms with Crippen molar-refractivity contribution in [2.45, 2.75) is 63.3 Å². The van der Waals surface area contributed by atoms with Crippen LogP contribution < -0.4 is 5.32 Å². The number of aromatic nitrogens is 1. The largest absolute Gasteiger partial charge is 0.455 e. The SMILES string of the molecule is Cc1c(C#N)c(NC(=O)COC(=O)[C@]2(C)CC2(Cl)Cl)n(C2CCCC2)c1C. The van der Waals surface area contributed by atoms with Crippen LogP contribution in [0.15, 0.2) is 0 Å². The number of hydrogen-bond donors (Lipinski definition) is 1. The summed E-state index contributed by atoms with van der Waals surface area (Å²) in [5.41, 5.74) is 1.31. The van der Waals surface area contributed by atoms with Crippen molar-refractivity contribution in [1.29, 1.82) is 5.26 Å². The molecule has 1 N–H and O–H groups in total. The maximum Gasteiger partial charge on any atom is 0.315 e. The second kappa shape index (κ2) is 7.03. The molecule has 0 spiro atoms. The Morgan fingerprint density at radius 1 is 1.33 bits per heavy atom. The van der Waals surface area contributed by atoms with Gasteiger partial charge in [0, 0.05) is 18.2 Å². The molecule has 0 unspecified atom stereocenters. The van der Waals surface area contributed by atoms with Crippen LogP contribution >= 0.6 is 23.2 Å². The van der Waals surface area contributed by atoms with Gasteiger partial charge >= 0.3 is 5.97 Å². The zero-order valence-electron chi connectivity index (χ0n) is 15.7. The van der Waals surface area contributed by atoms with Gasteiger partial charge in [-0.2, -0.15) is 5.26 Å². The minimum Gasteiger partial charge on any atom is -0.455 e. The molecule has 0 bridgehead atoms. The fourth-order valence-electron chi connectivity index (χ4n) is 3.79. The van der Waals surface area contributed by atoms with Crippen LogP contribution in [0, 0.1) is 30.6 Å². The molecule has 0 radical (unpaired) electrons. The summed E-state index contributed by atoms with van der Waals surface area (Å²) in [6.07, 6.45) is 4.59. The van der Waals surface area contributed by atoms with E-state index in [0.717, 1.165) is 36.9 Å². The highest BCUT2D eigenvalue weighted by Gasteiger charge is 2.69. The number of rotatable bonds is 5. The first-order chi connectivity index (χ1) is 12.6. The highest BCUT2D eigenvalue weighted by atomic mass is 35.5. The lowest BCUT2D eigenvalue weighted by atomic mass is 10.1. The summed E-state index contributed by atoms with van der Waals surface area (Å²) in [6, 6.07) is 2.45. The molecule has 2 fully saturated rings. The minimum absolute atomic E-state index is 0.266. The summed E-state index contributed by atoms with van der Waals surface area (Å²) >= 11 is 11.9. The number of nitriles is 1. The van der Waals surface area contributed by atoms with Crippen LogP contribution in [0.4, 0.5) is 5.82 Å². The average Bonchev–Trinajstić information content (AvgIpc) is 2.98. The second-order valence-electron chi connectivity index (χ2n) is 7.69. The molecule has 1 aromatic heterocycles. The molecule has 27 heavy (non-hydrogen) atoms. The van der Waals surface area contributed by atoms with E-state index >= 15 is 0 Å². The number of carbonyl (C=O) groups is 2. The number of hydrogen-bond acceptors (Lipinski definition) is 4. The Bertz CT molecular complexity index is 834. The summed E-state index contributed by atoms with van der Waals surface area (Å²) in [5, 5.41) is 12.3. The van der Waals surface area contributed by atoms with Gasteiger partial charge in [0.2, 0.25) is 0 Å². The molecular formula is C19H23Cl2N3O3. The van der Waals surface area contributed by atoms with Crippen molar-refractivity contribution in [3.05, 3.63) is 16.8 Å². The Hall–Kier alpha value is -1.71. The zero-order chi connectivity index (χ0) is 20.0. The molecule has 146 valence electrons. The zero-order valence-corrected chi connectivity index (χ0v) is 17.2.